The monoisotopic (exact) mass is 280 g/mol. The molecule has 2 fully saturated rings. The Morgan fingerprint density at radius 3 is 2.42 bits per heavy atom. The molecule has 5 nitrogen and oxygen atoms in total. The molecule has 0 spiro atoms. The molecule has 1 amide bonds. The summed E-state index contributed by atoms with van der Waals surface area (Å²) in [6, 6.07) is 6.22. The normalized spacial score (nSPS) is 28.8. The zero-order valence-electron chi connectivity index (χ0n) is 10.4. The van der Waals surface area contributed by atoms with Gasteiger partial charge >= 0.3 is 0 Å². The van der Waals surface area contributed by atoms with Crippen molar-refractivity contribution >= 4 is 21.6 Å². The largest absolute Gasteiger partial charge is 0.325 e. The van der Waals surface area contributed by atoms with E-state index in [4.69, 9.17) is 5.14 Å². The van der Waals surface area contributed by atoms with E-state index in [0.717, 1.165) is 12.8 Å². The second-order valence-electron chi connectivity index (χ2n) is 5.45. The van der Waals surface area contributed by atoms with Crippen molar-refractivity contribution < 1.29 is 13.2 Å². The summed E-state index contributed by atoms with van der Waals surface area (Å²) in [5, 5.41) is 7.84. The molecule has 6 heteroatoms. The number of nitrogens with one attached hydrogen (secondary N) is 1. The summed E-state index contributed by atoms with van der Waals surface area (Å²) in [7, 11) is -3.82. The maximum absolute atomic E-state index is 12.1. The lowest BCUT2D eigenvalue weighted by Gasteiger charge is -2.14. The van der Waals surface area contributed by atoms with E-state index in [1.165, 1.54) is 12.5 Å². The van der Waals surface area contributed by atoms with Gasteiger partial charge in [0.15, 0.2) is 0 Å². The van der Waals surface area contributed by atoms with E-state index >= 15 is 0 Å². The van der Waals surface area contributed by atoms with E-state index in [9.17, 15) is 13.2 Å². The third-order valence-corrected chi connectivity index (χ3v) is 5.03. The number of sulfonamides is 1. The van der Waals surface area contributed by atoms with Gasteiger partial charge in [-0.05, 0) is 43.2 Å². The van der Waals surface area contributed by atoms with Gasteiger partial charge in [0, 0.05) is 5.92 Å². The highest BCUT2D eigenvalue weighted by atomic mass is 32.2. The topological polar surface area (TPSA) is 89.3 Å². The smallest absolute Gasteiger partial charge is 0.240 e. The van der Waals surface area contributed by atoms with Crippen molar-refractivity contribution in [1.29, 1.82) is 0 Å². The van der Waals surface area contributed by atoms with E-state index in [1.807, 2.05) is 0 Å². The molecule has 102 valence electrons. The number of rotatable bonds is 3. The highest BCUT2D eigenvalue weighted by Crippen LogP contribution is 2.54. The van der Waals surface area contributed by atoms with Crippen LogP contribution in [0.5, 0.6) is 0 Å². The van der Waals surface area contributed by atoms with Crippen LogP contribution in [0, 0.1) is 17.8 Å². The summed E-state index contributed by atoms with van der Waals surface area (Å²) in [5.41, 5.74) is 0.274. The number of carbonyl (C=O) groups excluding carboxylic acids is 1. The first-order valence-corrected chi connectivity index (χ1v) is 7.92. The average Bonchev–Trinajstić information content (AvgIpc) is 2.95. The Morgan fingerprint density at radius 1 is 1.16 bits per heavy atom. The van der Waals surface area contributed by atoms with Crippen LogP contribution in [0.1, 0.15) is 19.3 Å². The number of fused-ring (bicyclic) bond motifs is 1. The van der Waals surface area contributed by atoms with Crippen LogP contribution in [0.3, 0.4) is 0 Å². The van der Waals surface area contributed by atoms with Crippen LogP contribution in [-0.2, 0) is 14.8 Å². The van der Waals surface area contributed by atoms with Gasteiger partial charge in [-0.3, -0.25) is 4.79 Å². The van der Waals surface area contributed by atoms with Crippen molar-refractivity contribution in [2.75, 3.05) is 5.32 Å². The number of nitrogens with two attached hydrogens (primary N) is 1. The molecule has 2 atom stereocenters. The van der Waals surface area contributed by atoms with Gasteiger partial charge in [-0.15, -0.1) is 0 Å². The minimum atomic E-state index is -3.82. The van der Waals surface area contributed by atoms with Crippen LogP contribution >= 0.6 is 0 Å². The molecule has 2 aliphatic carbocycles. The van der Waals surface area contributed by atoms with Crippen LogP contribution in [-0.4, -0.2) is 14.3 Å². The SMILES string of the molecule is NS(=O)(=O)c1ccccc1NC(=O)C1CC2CC2C1. The summed E-state index contributed by atoms with van der Waals surface area (Å²) in [6.45, 7) is 0. The fourth-order valence-electron chi connectivity index (χ4n) is 2.98. The van der Waals surface area contributed by atoms with Gasteiger partial charge in [-0.2, -0.15) is 0 Å². The lowest BCUT2D eigenvalue weighted by molar-refractivity contribution is -0.120. The van der Waals surface area contributed by atoms with Crippen LogP contribution in [0.15, 0.2) is 29.2 Å². The van der Waals surface area contributed by atoms with Gasteiger partial charge in [-0.1, -0.05) is 12.1 Å². The molecule has 0 aliphatic heterocycles. The lowest BCUT2D eigenvalue weighted by atomic mass is 10.0. The third-order valence-electron chi connectivity index (χ3n) is 4.07. The van der Waals surface area contributed by atoms with Crippen LogP contribution in [0.25, 0.3) is 0 Å². The Bertz CT molecular complexity index is 617. The summed E-state index contributed by atoms with van der Waals surface area (Å²) in [5.74, 6) is 1.34. The zero-order valence-corrected chi connectivity index (χ0v) is 11.2. The average molecular weight is 280 g/mol. The van der Waals surface area contributed by atoms with Gasteiger partial charge in [0.25, 0.3) is 0 Å². The summed E-state index contributed by atoms with van der Waals surface area (Å²) >= 11 is 0. The molecule has 1 aromatic rings. The first-order chi connectivity index (χ1) is 8.95. The highest BCUT2D eigenvalue weighted by molar-refractivity contribution is 7.89. The van der Waals surface area contributed by atoms with Gasteiger partial charge in [0.05, 0.1) is 5.69 Å². The molecule has 2 saturated carbocycles. The number of para-hydroxylation sites is 1. The lowest BCUT2D eigenvalue weighted by Crippen LogP contribution is -2.23. The molecule has 0 aromatic heterocycles. The highest BCUT2D eigenvalue weighted by Gasteiger charge is 2.48. The van der Waals surface area contributed by atoms with E-state index < -0.39 is 10.0 Å². The van der Waals surface area contributed by atoms with E-state index in [0.29, 0.717) is 11.8 Å². The molecule has 2 aliphatic rings. The Labute approximate surface area is 112 Å². The predicted octanol–water partition coefficient (Wildman–Crippen LogP) is 1.32. The number of hydrogen-bond acceptors (Lipinski definition) is 3. The molecule has 19 heavy (non-hydrogen) atoms. The fraction of sp³-hybridized carbons (Fsp3) is 0.462. The molecular formula is C13H16N2O3S. The first kappa shape index (κ1) is 12.6. The fourth-order valence-corrected chi connectivity index (χ4v) is 3.68. The number of amides is 1. The van der Waals surface area contributed by atoms with Crippen LogP contribution in [0.2, 0.25) is 0 Å². The molecule has 3 N–H and O–H groups in total. The number of carbonyl (C=O) groups is 1. The minimum Gasteiger partial charge on any atom is -0.325 e. The summed E-state index contributed by atoms with van der Waals surface area (Å²) in [6.07, 6.45) is 3.10. The Balaban J connectivity index is 1.78. The second kappa shape index (κ2) is 4.31. The number of hydrogen-bond donors (Lipinski definition) is 2. The third kappa shape index (κ3) is 2.50. The zero-order chi connectivity index (χ0) is 13.6. The maximum atomic E-state index is 12.1. The molecule has 0 saturated heterocycles. The molecular weight excluding hydrogens is 264 g/mol. The van der Waals surface area contributed by atoms with Crippen molar-refractivity contribution in [3.8, 4) is 0 Å². The standard InChI is InChI=1S/C13H16N2O3S/c14-19(17,18)12-4-2-1-3-11(12)15-13(16)10-6-8-5-9(8)7-10/h1-4,8-10H,5-7H2,(H,15,16)(H2,14,17,18). The number of benzene rings is 1. The van der Waals surface area contributed by atoms with Gasteiger partial charge < -0.3 is 5.32 Å². The van der Waals surface area contributed by atoms with Crippen LogP contribution in [0.4, 0.5) is 5.69 Å². The molecule has 2 unspecified atom stereocenters. The maximum Gasteiger partial charge on any atom is 0.240 e. The van der Waals surface area contributed by atoms with Crippen molar-refractivity contribution in [3.63, 3.8) is 0 Å². The van der Waals surface area contributed by atoms with Crippen molar-refractivity contribution in [2.45, 2.75) is 24.2 Å². The molecule has 0 heterocycles. The first-order valence-electron chi connectivity index (χ1n) is 6.38. The molecule has 3 rings (SSSR count). The number of primary sulfonamides is 1. The minimum absolute atomic E-state index is 0.0114. The van der Waals surface area contributed by atoms with Gasteiger partial charge in [0.2, 0.25) is 15.9 Å². The molecule has 1 aromatic carbocycles. The van der Waals surface area contributed by atoms with E-state index in [2.05, 4.69) is 5.32 Å². The van der Waals surface area contributed by atoms with E-state index in [1.54, 1.807) is 18.2 Å². The predicted molar refractivity (Wildman–Crippen MR) is 70.8 cm³/mol. The second-order valence-corrected chi connectivity index (χ2v) is 6.98. The Hall–Kier alpha value is -1.40. The number of anilines is 1. The van der Waals surface area contributed by atoms with Crippen molar-refractivity contribution in [2.24, 2.45) is 22.9 Å². The molecule has 0 radical (unpaired) electrons. The summed E-state index contributed by atoms with van der Waals surface area (Å²) < 4.78 is 22.9. The molecule has 0 bridgehead atoms. The van der Waals surface area contributed by atoms with Crippen molar-refractivity contribution in [1.82, 2.24) is 0 Å². The van der Waals surface area contributed by atoms with E-state index in [-0.39, 0.29) is 22.4 Å². The summed E-state index contributed by atoms with van der Waals surface area (Å²) in [4.78, 5) is 12.1. The Morgan fingerprint density at radius 2 is 1.79 bits per heavy atom. The van der Waals surface area contributed by atoms with Gasteiger partial charge in [0.1, 0.15) is 4.90 Å². The Kier molecular flexibility index (Phi) is 2.87. The van der Waals surface area contributed by atoms with Crippen LogP contribution < -0.4 is 10.5 Å². The van der Waals surface area contributed by atoms with Crippen molar-refractivity contribution in [3.05, 3.63) is 24.3 Å². The quantitative estimate of drug-likeness (QED) is 0.875. The van der Waals surface area contributed by atoms with Gasteiger partial charge in [-0.25, -0.2) is 13.6 Å².